The van der Waals surface area contributed by atoms with E-state index >= 15 is 0 Å². The van der Waals surface area contributed by atoms with Crippen LogP contribution in [0, 0.1) is 0 Å². The Bertz CT molecular complexity index is 915. The fourth-order valence-corrected chi connectivity index (χ4v) is 4.87. The Balaban J connectivity index is 1.72. The first-order valence-electron chi connectivity index (χ1n) is 7.52. The molecule has 0 amide bonds. The minimum absolute atomic E-state index is 0.147. The summed E-state index contributed by atoms with van der Waals surface area (Å²) in [7, 11) is -3.73. The number of anilines is 2. The molecule has 2 aromatic carbocycles. The van der Waals surface area contributed by atoms with Crippen LogP contribution in [0.2, 0.25) is 0 Å². The molecule has 0 spiro atoms. The van der Waals surface area contributed by atoms with Gasteiger partial charge < -0.3 is 14.8 Å². The van der Waals surface area contributed by atoms with Gasteiger partial charge in [0.25, 0.3) is 10.0 Å². The molecular weight excluding hydrogens is 396 g/mol. The normalized spacial score (nSPS) is 15.5. The second-order valence-electron chi connectivity index (χ2n) is 5.64. The molecule has 8 heteroatoms. The molecule has 0 fully saturated rings. The first-order chi connectivity index (χ1) is 11.5. The van der Waals surface area contributed by atoms with Crippen molar-refractivity contribution >= 4 is 37.3 Å². The minimum Gasteiger partial charge on any atom is -0.454 e. The summed E-state index contributed by atoms with van der Waals surface area (Å²) in [6, 6.07) is 8.54. The Morgan fingerprint density at radius 2 is 1.96 bits per heavy atom. The molecule has 0 atom stereocenters. The van der Waals surface area contributed by atoms with Gasteiger partial charge in [-0.25, -0.2) is 8.42 Å². The van der Waals surface area contributed by atoms with Crippen molar-refractivity contribution in [3.05, 3.63) is 40.4 Å². The quantitative estimate of drug-likeness (QED) is 0.811. The van der Waals surface area contributed by atoms with Gasteiger partial charge in [-0.15, -0.1) is 0 Å². The number of aryl methyl sites for hydroxylation is 1. The number of halogens is 1. The van der Waals surface area contributed by atoms with Crippen molar-refractivity contribution in [2.24, 2.45) is 0 Å². The lowest BCUT2D eigenvalue weighted by molar-refractivity contribution is 0.174. The predicted molar refractivity (Wildman–Crippen MR) is 94.3 cm³/mol. The standard InChI is InChI=1S/C16H15BrN2O4S/c17-11-6-10-2-1-5-18-16(10)15(7-11)24(20,21)19-12-3-4-13-14(8-12)23-9-22-13/h3-4,6-8,18-19H,1-2,5,9H2. The number of ether oxygens (including phenoxy) is 2. The summed E-state index contributed by atoms with van der Waals surface area (Å²) in [5, 5.41) is 3.21. The smallest absolute Gasteiger partial charge is 0.264 e. The second-order valence-corrected chi connectivity index (χ2v) is 8.21. The van der Waals surface area contributed by atoms with Gasteiger partial charge in [-0.2, -0.15) is 0 Å². The molecule has 6 nitrogen and oxygen atoms in total. The maximum Gasteiger partial charge on any atom is 0.264 e. The number of sulfonamides is 1. The summed E-state index contributed by atoms with van der Waals surface area (Å²) < 4.78 is 39.7. The van der Waals surface area contributed by atoms with Crippen LogP contribution in [0.1, 0.15) is 12.0 Å². The highest BCUT2D eigenvalue weighted by Crippen LogP contribution is 2.37. The molecule has 0 bridgehead atoms. The lowest BCUT2D eigenvalue weighted by atomic mass is 10.0. The SMILES string of the molecule is O=S(=O)(Nc1ccc2c(c1)OCO2)c1cc(Br)cc2c1NCCC2. The molecule has 4 rings (SSSR count). The minimum atomic E-state index is -3.73. The molecule has 0 saturated heterocycles. The zero-order chi connectivity index (χ0) is 16.7. The van der Waals surface area contributed by atoms with Crippen molar-refractivity contribution in [2.75, 3.05) is 23.4 Å². The van der Waals surface area contributed by atoms with E-state index < -0.39 is 10.0 Å². The van der Waals surface area contributed by atoms with E-state index in [1.807, 2.05) is 6.07 Å². The van der Waals surface area contributed by atoms with Crippen LogP contribution in [-0.4, -0.2) is 21.8 Å². The van der Waals surface area contributed by atoms with E-state index in [-0.39, 0.29) is 11.7 Å². The van der Waals surface area contributed by atoms with E-state index in [2.05, 4.69) is 26.0 Å². The van der Waals surface area contributed by atoms with Crippen molar-refractivity contribution in [2.45, 2.75) is 17.7 Å². The van der Waals surface area contributed by atoms with Crippen LogP contribution in [0.15, 0.2) is 39.7 Å². The molecule has 0 aliphatic carbocycles. The van der Waals surface area contributed by atoms with Gasteiger partial charge in [0.05, 0.1) is 11.4 Å². The largest absolute Gasteiger partial charge is 0.454 e. The third kappa shape index (κ3) is 2.80. The Kier molecular flexibility index (Phi) is 3.80. The van der Waals surface area contributed by atoms with E-state index in [0.29, 0.717) is 22.9 Å². The summed E-state index contributed by atoms with van der Waals surface area (Å²) in [5.74, 6) is 1.14. The Morgan fingerprint density at radius 1 is 1.12 bits per heavy atom. The van der Waals surface area contributed by atoms with Gasteiger partial charge in [0.15, 0.2) is 11.5 Å². The monoisotopic (exact) mass is 410 g/mol. The average molecular weight is 411 g/mol. The molecule has 0 saturated carbocycles. The van der Waals surface area contributed by atoms with Crippen LogP contribution < -0.4 is 19.5 Å². The molecule has 2 aliphatic heterocycles. The van der Waals surface area contributed by atoms with Crippen molar-refractivity contribution < 1.29 is 17.9 Å². The number of hydrogen-bond acceptors (Lipinski definition) is 5. The number of nitrogens with one attached hydrogen (secondary N) is 2. The Hall–Kier alpha value is -1.93. The van der Waals surface area contributed by atoms with E-state index in [0.717, 1.165) is 29.4 Å². The van der Waals surface area contributed by atoms with Gasteiger partial charge in [-0.1, -0.05) is 15.9 Å². The van der Waals surface area contributed by atoms with E-state index in [1.165, 1.54) is 0 Å². The highest BCUT2D eigenvalue weighted by Gasteiger charge is 2.24. The van der Waals surface area contributed by atoms with Crippen LogP contribution in [0.5, 0.6) is 11.5 Å². The molecule has 24 heavy (non-hydrogen) atoms. The lowest BCUT2D eigenvalue weighted by Crippen LogP contribution is -2.19. The maximum absolute atomic E-state index is 12.9. The maximum atomic E-state index is 12.9. The third-order valence-electron chi connectivity index (χ3n) is 3.99. The molecule has 0 radical (unpaired) electrons. The lowest BCUT2D eigenvalue weighted by Gasteiger charge is -2.22. The van der Waals surface area contributed by atoms with Gasteiger partial charge in [0, 0.05) is 17.1 Å². The van der Waals surface area contributed by atoms with E-state index in [9.17, 15) is 8.42 Å². The van der Waals surface area contributed by atoms with Crippen LogP contribution in [0.3, 0.4) is 0 Å². The first-order valence-corrected chi connectivity index (χ1v) is 9.79. The topological polar surface area (TPSA) is 76.7 Å². The highest BCUT2D eigenvalue weighted by molar-refractivity contribution is 9.10. The van der Waals surface area contributed by atoms with Crippen LogP contribution in [0.4, 0.5) is 11.4 Å². The number of hydrogen-bond donors (Lipinski definition) is 2. The zero-order valence-electron chi connectivity index (χ0n) is 12.6. The molecule has 2 aliphatic rings. The zero-order valence-corrected chi connectivity index (χ0v) is 15.0. The highest BCUT2D eigenvalue weighted by atomic mass is 79.9. The van der Waals surface area contributed by atoms with Crippen LogP contribution in [0.25, 0.3) is 0 Å². The third-order valence-corrected chi connectivity index (χ3v) is 5.85. The van der Waals surface area contributed by atoms with Gasteiger partial charge in [-0.3, -0.25) is 4.72 Å². The van der Waals surface area contributed by atoms with Gasteiger partial charge in [0.1, 0.15) is 4.90 Å². The Morgan fingerprint density at radius 3 is 2.83 bits per heavy atom. The molecule has 0 unspecified atom stereocenters. The fourth-order valence-electron chi connectivity index (χ4n) is 2.91. The summed E-state index contributed by atoms with van der Waals surface area (Å²) in [6.07, 6.45) is 1.84. The molecular formula is C16H15BrN2O4S. The summed E-state index contributed by atoms with van der Waals surface area (Å²) in [6.45, 7) is 0.912. The molecule has 2 aromatic rings. The number of rotatable bonds is 3. The van der Waals surface area contributed by atoms with Crippen molar-refractivity contribution in [1.29, 1.82) is 0 Å². The fraction of sp³-hybridized carbons (Fsp3) is 0.250. The second kappa shape index (κ2) is 5.86. The van der Waals surface area contributed by atoms with Crippen molar-refractivity contribution in [3.63, 3.8) is 0 Å². The van der Waals surface area contributed by atoms with E-state index in [4.69, 9.17) is 9.47 Å². The molecule has 2 N–H and O–H groups in total. The summed E-state index contributed by atoms with van der Waals surface area (Å²) in [4.78, 5) is 0.240. The molecule has 2 heterocycles. The average Bonchev–Trinajstić information content (AvgIpc) is 3.01. The predicted octanol–water partition coefficient (Wildman–Crippen LogP) is 3.34. The Labute approximate surface area is 148 Å². The van der Waals surface area contributed by atoms with Crippen molar-refractivity contribution in [1.82, 2.24) is 0 Å². The van der Waals surface area contributed by atoms with Gasteiger partial charge >= 0.3 is 0 Å². The first kappa shape index (κ1) is 15.6. The van der Waals surface area contributed by atoms with Crippen LogP contribution >= 0.6 is 15.9 Å². The van der Waals surface area contributed by atoms with Gasteiger partial charge in [-0.05, 0) is 42.7 Å². The number of benzene rings is 2. The van der Waals surface area contributed by atoms with Crippen molar-refractivity contribution in [3.8, 4) is 11.5 Å². The summed E-state index contributed by atoms with van der Waals surface area (Å²) >= 11 is 3.40. The summed E-state index contributed by atoms with van der Waals surface area (Å²) in [5.41, 5.74) is 2.11. The molecule has 0 aromatic heterocycles. The number of fused-ring (bicyclic) bond motifs is 2. The molecule has 126 valence electrons. The van der Waals surface area contributed by atoms with Crippen LogP contribution in [-0.2, 0) is 16.4 Å². The van der Waals surface area contributed by atoms with Gasteiger partial charge in [0.2, 0.25) is 6.79 Å². The van der Waals surface area contributed by atoms with E-state index in [1.54, 1.807) is 24.3 Å².